The third-order valence-corrected chi connectivity index (χ3v) is 8.50. The molecule has 47 heavy (non-hydrogen) atoms. The van der Waals surface area contributed by atoms with Crippen LogP contribution in [0.15, 0.2) is 78.0 Å². The fourth-order valence-electron chi connectivity index (χ4n) is 5.10. The first-order chi connectivity index (χ1) is 22.3. The number of nitrogens with one attached hydrogen (secondary N) is 1. The number of aromatic nitrogens is 3. The standard InChI is InChI=1S/C33H33F5N6O2S/c1-19(2)26-14-5-20(3)17-27(26)44-21(4)15-16-47-32(44)41-31(45)40-29(35)28(34)22-6-8-23(9-7-22)30-39-18-43(42-30)24-10-12-25(13-11-24)46-33(36,37)38/h5-14,17-19,21,28-29H,15-16H2,1-4H3,(H,40,45)/b41-32-. The summed E-state index contributed by atoms with van der Waals surface area (Å²) in [5, 5.41) is 6.78. The summed E-state index contributed by atoms with van der Waals surface area (Å²) in [5.74, 6) is 0.837. The van der Waals surface area contributed by atoms with Gasteiger partial charge in [-0.1, -0.05) is 62.0 Å². The number of ether oxygens (including phenoxy) is 1. The fraction of sp³-hybridized carbons (Fsp3) is 0.333. The van der Waals surface area contributed by atoms with E-state index in [4.69, 9.17) is 0 Å². The Hall–Kier alpha value is -4.46. The topological polar surface area (TPSA) is 84.6 Å². The molecule has 1 aliphatic heterocycles. The van der Waals surface area contributed by atoms with E-state index in [1.54, 1.807) is 0 Å². The van der Waals surface area contributed by atoms with Gasteiger partial charge in [0.05, 0.1) is 5.69 Å². The van der Waals surface area contributed by atoms with Crippen molar-refractivity contribution in [3.63, 3.8) is 0 Å². The molecule has 0 spiro atoms. The Morgan fingerprint density at radius 1 is 1.06 bits per heavy atom. The average Bonchev–Trinajstić information content (AvgIpc) is 3.51. The molecule has 5 rings (SSSR count). The highest BCUT2D eigenvalue weighted by atomic mass is 32.2. The van der Waals surface area contributed by atoms with Gasteiger partial charge in [-0.25, -0.2) is 23.2 Å². The van der Waals surface area contributed by atoms with Gasteiger partial charge in [0.25, 0.3) is 0 Å². The summed E-state index contributed by atoms with van der Waals surface area (Å²) < 4.78 is 72.7. The van der Waals surface area contributed by atoms with Crippen LogP contribution in [0.1, 0.15) is 56.0 Å². The monoisotopic (exact) mass is 672 g/mol. The number of halogens is 5. The molecule has 3 aromatic carbocycles. The van der Waals surface area contributed by atoms with Gasteiger partial charge in [-0.05, 0) is 73.2 Å². The van der Waals surface area contributed by atoms with E-state index in [0.29, 0.717) is 16.4 Å². The van der Waals surface area contributed by atoms with Crippen molar-refractivity contribution in [1.82, 2.24) is 20.1 Å². The minimum Gasteiger partial charge on any atom is -0.406 e. The maximum Gasteiger partial charge on any atom is 0.573 e. The minimum absolute atomic E-state index is 0.0162. The summed E-state index contributed by atoms with van der Waals surface area (Å²) in [4.78, 5) is 23.2. The van der Waals surface area contributed by atoms with Crippen LogP contribution in [0.4, 0.5) is 32.4 Å². The number of carbonyl (C=O) groups excluding carboxylic acids is 1. The molecule has 4 aromatic rings. The Balaban J connectivity index is 1.25. The van der Waals surface area contributed by atoms with Gasteiger partial charge >= 0.3 is 12.4 Å². The van der Waals surface area contributed by atoms with Crippen molar-refractivity contribution in [3.8, 4) is 22.8 Å². The van der Waals surface area contributed by atoms with Crippen molar-refractivity contribution in [3.05, 3.63) is 89.7 Å². The lowest BCUT2D eigenvalue weighted by Crippen LogP contribution is -2.43. The molecule has 1 aliphatic rings. The van der Waals surface area contributed by atoms with Crippen LogP contribution in [0.5, 0.6) is 5.75 Å². The Morgan fingerprint density at radius 2 is 1.77 bits per heavy atom. The summed E-state index contributed by atoms with van der Waals surface area (Å²) >= 11 is 1.40. The van der Waals surface area contributed by atoms with E-state index < -0.39 is 24.9 Å². The SMILES string of the molecule is Cc1ccc(C(C)C)c(N2/C(=N/C(=O)NC(F)C(F)c3ccc(-c4ncn(-c5ccc(OC(F)(F)F)cc5)n4)cc3)SCCC2C)c1. The van der Waals surface area contributed by atoms with Gasteiger partial charge in [0, 0.05) is 23.0 Å². The van der Waals surface area contributed by atoms with E-state index in [-0.39, 0.29) is 29.1 Å². The molecule has 0 aliphatic carbocycles. The van der Waals surface area contributed by atoms with Crippen molar-refractivity contribution in [2.24, 2.45) is 4.99 Å². The number of alkyl halides is 5. The highest BCUT2D eigenvalue weighted by molar-refractivity contribution is 8.14. The van der Waals surface area contributed by atoms with Crippen LogP contribution in [0, 0.1) is 6.92 Å². The van der Waals surface area contributed by atoms with Crippen molar-refractivity contribution < 1.29 is 31.5 Å². The number of amides is 2. The first-order valence-corrected chi connectivity index (χ1v) is 15.9. The number of aryl methyl sites for hydroxylation is 1. The second-order valence-corrected chi connectivity index (χ2v) is 12.5. The summed E-state index contributed by atoms with van der Waals surface area (Å²) in [6, 6.07) is 16.0. The summed E-state index contributed by atoms with van der Waals surface area (Å²) in [7, 11) is 0. The molecule has 0 radical (unpaired) electrons. The summed E-state index contributed by atoms with van der Waals surface area (Å²) in [6.45, 7) is 8.22. The average molecular weight is 673 g/mol. The number of hydrogen-bond donors (Lipinski definition) is 1. The Bertz CT molecular complexity index is 1730. The molecular formula is C33H33F5N6O2S. The molecule has 1 N–H and O–H groups in total. The fourth-order valence-corrected chi connectivity index (χ4v) is 6.31. The van der Waals surface area contributed by atoms with Gasteiger partial charge < -0.3 is 15.0 Å². The van der Waals surface area contributed by atoms with Crippen molar-refractivity contribution in [1.29, 1.82) is 0 Å². The maximum absolute atomic E-state index is 15.2. The predicted octanol–water partition coefficient (Wildman–Crippen LogP) is 8.67. The van der Waals surface area contributed by atoms with Crippen LogP contribution < -0.4 is 15.0 Å². The normalized spacial score (nSPS) is 17.5. The lowest BCUT2D eigenvalue weighted by atomic mass is 9.98. The van der Waals surface area contributed by atoms with Crippen LogP contribution in [0.3, 0.4) is 0 Å². The third kappa shape index (κ3) is 8.28. The van der Waals surface area contributed by atoms with E-state index in [9.17, 15) is 18.0 Å². The Labute approximate surface area is 273 Å². The zero-order valence-electron chi connectivity index (χ0n) is 26.0. The highest BCUT2D eigenvalue weighted by Gasteiger charge is 2.32. The predicted molar refractivity (Wildman–Crippen MR) is 172 cm³/mol. The molecule has 3 atom stereocenters. The lowest BCUT2D eigenvalue weighted by molar-refractivity contribution is -0.274. The molecule has 14 heteroatoms. The quantitative estimate of drug-likeness (QED) is 0.149. The molecule has 0 bridgehead atoms. The van der Waals surface area contributed by atoms with Crippen LogP contribution >= 0.6 is 11.8 Å². The van der Waals surface area contributed by atoms with E-state index >= 15 is 8.78 Å². The number of carbonyl (C=O) groups is 1. The maximum atomic E-state index is 15.2. The second kappa shape index (κ2) is 14.1. The van der Waals surface area contributed by atoms with Gasteiger partial charge in [-0.2, -0.15) is 4.99 Å². The Morgan fingerprint density at radius 3 is 2.43 bits per heavy atom. The number of thioether (sulfide) groups is 1. The molecular weight excluding hydrogens is 639 g/mol. The largest absolute Gasteiger partial charge is 0.573 e. The number of urea groups is 1. The molecule has 2 amide bonds. The van der Waals surface area contributed by atoms with Crippen LogP contribution in [0.25, 0.3) is 17.1 Å². The molecule has 248 valence electrons. The summed E-state index contributed by atoms with van der Waals surface area (Å²) in [6.07, 6.45) is -7.10. The van der Waals surface area contributed by atoms with Crippen molar-refractivity contribution >= 4 is 28.6 Å². The van der Waals surface area contributed by atoms with E-state index in [0.717, 1.165) is 41.1 Å². The number of nitrogens with zero attached hydrogens (tertiary/aromatic N) is 5. The van der Waals surface area contributed by atoms with E-state index in [2.05, 4.69) is 45.8 Å². The smallest absolute Gasteiger partial charge is 0.406 e. The molecule has 2 heterocycles. The van der Waals surface area contributed by atoms with Gasteiger partial charge in [0.2, 0.25) is 6.30 Å². The minimum atomic E-state index is -4.80. The van der Waals surface area contributed by atoms with Crippen LogP contribution in [-0.2, 0) is 0 Å². The Kier molecular flexibility index (Phi) is 10.2. The molecule has 3 unspecified atom stereocenters. The third-order valence-electron chi connectivity index (χ3n) is 7.51. The second-order valence-electron chi connectivity index (χ2n) is 11.4. The van der Waals surface area contributed by atoms with Crippen LogP contribution in [-0.4, -0.2) is 50.4 Å². The number of amidine groups is 1. The van der Waals surface area contributed by atoms with Crippen LogP contribution in [0.2, 0.25) is 0 Å². The van der Waals surface area contributed by atoms with E-state index in [1.807, 2.05) is 30.1 Å². The highest BCUT2D eigenvalue weighted by Crippen LogP contribution is 2.36. The van der Waals surface area contributed by atoms with Crippen molar-refractivity contribution in [2.45, 2.75) is 64.9 Å². The zero-order valence-corrected chi connectivity index (χ0v) is 26.8. The summed E-state index contributed by atoms with van der Waals surface area (Å²) in [5.41, 5.74) is 4.01. The lowest BCUT2D eigenvalue weighted by Gasteiger charge is -2.37. The van der Waals surface area contributed by atoms with Gasteiger partial charge in [0.1, 0.15) is 12.1 Å². The van der Waals surface area contributed by atoms with Gasteiger partial charge in [0.15, 0.2) is 17.2 Å². The van der Waals surface area contributed by atoms with Gasteiger partial charge in [-0.15, -0.1) is 18.3 Å². The molecule has 8 nitrogen and oxygen atoms in total. The number of rotatable bonds is 8. The number of aliphatic imine (C=N–C) groups is 1. The number of benzene rings is 3. The molecule has 1 aromatic heterocycles. The zero-order chi connectivity index (χ0) is 33.9. The number of anilines is 1. The number of hydrogen-bond acceptors (Lipinski definition) is 5. The van der Waals surface area contributed by atoms with Crippen molar-refractivity contribution in [2.75, 3.05) is 10.7 Å². The molecule has 0 saturated carbocycles. The van der Waals surface area contributed by atoms with Gasteiger partial charge in [-0.3, -0.25) is 0 Å². The molecule has 1 fully saturated rings. The van der Waals surface area contributed by atoms with E-state index in [1.165, 1.54) is 59.2 Å². The first kappa shape index (κ1) is 33.9. The first-order valence-electron chi connectivity index (χ1n) is 14.9. The molecule has 1 saturated heterocycles.